The summed E-state index contributed by atoms with van der Waals surface area (Å²) in [6.45, 7) is 8.27. The van der Waals surface area contributed by atoms with Crippen LogP contribution in [-0.2, 0) is 42.9 Å². The highest BCUT2D eigenvalue weighted by molar-refractivity contribution is 5.70. The van der Waals surface area contributed by atoms with Crippen LogP contribution in [0, 0.1) is 5.41 Å². The zero-order valence-electron chi connectivity index (χ0n) is 28.6. The van der Waals surface area contributed by atoms with Gasteiger partial charge in [-0.25, -0.2) is 0 Å². The van der Waals surface area contributed by atoms with Crippen molar-refractivity contribution in [3.63, 3.8) is 0 Å². The van der Waals surface area contributed by atoms with Gasteiger partial charge in [0.2, 0.25) is 0 Å². The molecule has 0 saturated carbocycles. The van der Waals surface area contributed by atoms with Crippen LogP contribution in [0.1, 0.15) is 156 Å². The molecule has 0 heterocycles. The van der Waals surface area contributed by atoms with Crippen molar-refractivity contribution in [1.82, 2.24) is 0 Å². The predicted molar refractivity (Wildman–Crippen MR) is 172 cm³/mol. The number of ether oxygens (including phenoxy) is 5. The van der Waals surface area contributed by atoms with Gasteiger partial charge in [0.05, 0.1) is 18.6 Å². The molecule has 0 amide bonds. The molecular weight excluding hydrogens is 564 g/mol. The minimum absolute atomic E-state index is 0.00358. The molecule has 9 heteroatoms. The third kappa shape index (κ3) is 25.2. The van der Waals surface area contributed by atoms with Gasteiger partial charge in [0.25, 0.3) is 0 Å². The van der Waals surface area contributed by atoms with Crippen LogP contribution in [0.25, 0.3) is 0 Å². The van der Waals surface area contributed by atoms with Gasteiger partial charge in [-0.15, -0.1) is 0 Å². The molecule has 0 spiro atoms. The fourth-order valence-corrected chi connectivity index (χ4v) is 4.53. The summed E-state index contributed by atoms with van der Waals surface area (Å²) >= 11 is 0. The van der Waals surface area contributed by atoms with Gasteiger partial charge in [0.1, 0.15) is 26.4 Å². The van der Waals surface area contributed by atoms with E-state index in [0.29, 0.717) is 25.7 Å². The maximum absolute atomic E-state index is 12.6. The number of hydrogen-bond donors (Lipinski definition) is 0. The summed E-state index contributed by atoms with van der Waals surface area (Å²) in [5, 5.41) is 0. The minimum atomic E-state index is -1.08. The molecule has 9 nitrogen and oxygen atoms in total. The van der Waals surface area contributed by atoms with Crippen LogP contribution in [0.4, 0.5) is 0 Å². The third-order valence-electron chi connectivity index (χ3n) is 7.45. The molecule has 0 aromatic carbocycles. The van der Waals surface area contributed by atoms with Gasteiger partial charge < -0.3 is 23.7 Å². The van der Waals surface area contributed by atoms with Gasteiger partial charge in [-0.05, 0) is 25.7 Å². The second-order valence-corrected chi connectivity index (χ2v) is 12.0. The molecule has 0 fully saturated rings. The molecule has 0 bridgehead atoms. The maximum Gasteiger partial charge on any atom is 0.305 e. The van der Waals surface area contributed by atoms with E-state index < -0.39 is 5.41 Å². The lowest BCUT2D eigenvalue weighted by Gasteiger charge is -2.32. The molecule has 0 rings (SSSR count). The first-order chi connectivity index (χ1) is 21.3. The van der Waals surface area contributed by atoms with Gasteiger partial charge in [0, 0.05) is 25.7 Å². The highest BCUT2D eigenvalue weighted by Gasteiger charge is 2.36. The predicted octanol–water partition coefficient (Wildman–Crippen LogP) is 8.04. The Morgan fingerprint density at radius 3 is 1.02 bits per heavy atom. The van der Waals surface area contributed by atoms with Crippen molar-refractivity contribution in [3.05, 3.63) is 0 Å². The molecule has 44 heavy (non-hydrogen) atoms. The Morgan fingerprint density at radius 1 is 0.386 bits per heavy atom. The van der Waals surface area contributed by atoms with Crippen LogP contribution < -0.4 is 0 Å². The molecule has 0 radical (unpaired) electrons. The van der Waals surface area contributed by atoms with Crippen LogP contribution in [0.15, 0.2) is 0 Å². The number of esters is 4. The first kappa shape index (κ1) is 41.8. The Labute approximate surface area is 267 Å². The van der Waals surface area contributed by atoms with Crippen LogP contribution in [-0.4, -0.2) is 63.5 Å². The van der Waals surface area contributed by atoms with Crippen molar-refractivity contribution in [2.75, 3.05) is 39.6 Å². The van der Waals surface area contributed by atoms with E-state index in [-0.39, 0.29) is 63.5 Å². The summed E-state index contributed by atoms with van der Waals surface area (Å²) in [5.74, 6) is -1.31. The number of hydrogen-bond acceptors (Lipinski definition) is 9. The van der Waals surface area contributed by atoms with Crippen LogP contribution >= 0.6 is 0 Å². The van der Waals surface area contributed by atoms with E-state index >= 15 is 0 Å². The first-order valence-electron chi connectivity index (χ1n) is 17.5. The van der Waals surface area contributed by atoms with Gasteiger partial charge in [-0.1, -0.05) is 105 Å². The monoisotopic (exact) mass is 628 g/mol. The quantitative estimate of drug-likeness (QED) is 0.0427. The lowest BCUT2D eigenvalue weighted by atomic mass is 9.92. The Morgan fingerprint density at radius 2 is 0.705 bits per heavy atom. The average molecular weight is 629 g/mol. The number of carbonyl (C=O) groups is 4. The third-order valence-corrected chi connectivity index (χ3v) is 7.45. The van der Waals surface area contributed by atoms with Crippen molar-refractivity contribution in [2.45, 2.75) is 156 Å². The summed E-state index contributed by atoms with van der Waals surface area (Å²) in [4.78, 5) is 49.8. The molecule has 0 aliphatic rings. The molecule has 0 aliphatic heterocycles. The standard InChI is InChI=1S/C35H64O9/c1-5-9-13-17-21-31(36)41-26-25-40-27-35(28-42-32(37)22-18-14-10-6-2,29-43-33(38)23-19-15-11-7-3)30-44-34(39)24-20-16-12-8-4/h5-30H2,1-4H3. The van der Waals surface area contributed by atoms with Crippen molar-refractivity contribution >= 4 is 23.9 Å². The van der Waals surface area contributed by atoms with Crippen molar-refractivity contribution < 1.29 is 42.9 Å². The lowest BCUT2D eigenvalue weighted by molar-refractivity contribution is -0.169. The zero-order valence-corrected chi connectivity index (χ0v) is 28.6. The topological polar surface area (TPSA) is 114 Å². The summed E-state index contributed by atoms with van der Waals surface area (Å²) < 4.78 is 28.1. The second kappa shape index (κ2) is 29.5. The van der Waals surface area contributed by atoms with E-state index in [1.807, 2.05) is 0 Å². The maximum atomic E-state index is 12.6. The number of unbranched alkanes of at least 4 members (excludes halogenated alkanes) is 12. The summed E-state index contributed by atoms with van der Waals surface area (Å²) in [7, 11) is 0. The first-order valence-corrected chi connectivity index (χ1v) is 17.5. The molecular formula is C35H64O9. The van der Waals surface area contributed by atoms with E-state index in [0.717, 1.165) is 103 Å². The Balaban J connectivity index is 5.35. The largest absolute Gasteiger partial charge is 0.465 e. The summed E-state index contributed by atoms with van der Waals surface area (Å²) in [5.41, 5.74) is -1.08. The fraction of sp³-hybridized carbons (Fsp3) is 0.886. The molecule has 258 valence electrons. The molecule has 0 N–H and O–H groups in total. The highest BCUT2D eigenvalue weighted by atomic mass is 16.6. The van der Waals surface area contributed by atoms with Gasteiger partial charge in [-0.2, -0.15) is 0 Å². The summed E-state index contributed by atoms with van der Waals surface area (Å²) in [6, 6.07) is 0. The normalized spacial score (nSPS) is 11.3. The molecule has 0 aliphatic carbocycles. The van der Waals surface area contributed by atoms with Crippen molar-refractivity contribution in [2.24, 2.45) is 5.41 Å². The van der Waals surface area contributed by atoms with Crippen molar-refractivity contribution in [1.29, 1.82) is 0 Å². The molecule has 0 unspecified atom stereocenters. The van der Waals surface area contributed by atoms with Crippen LogP contribution in [0.3, 0.4) is 0 Å². The smallest absolute Gasteiger partial charge is 0.305 e. The Bertz CT molecular complexity index is 668. The number of carbonyl (C=O) groups excluding carboxylic acids is 4. The molecule has 0 atom stereocenters. The molecule has 0 aromatic heterocycles. The lowest BCUT2D eigenvalue weighted by Crippen LogP contribution is -2.43. The van der Waals surface area contributed by atoms with Crippen LogP contribution in [0.5, 0.6) is 0 Å². The zero-order chi connectivity index (χ0) is 32.7. The fourth-order valence-electron chi connectivity index (χ4n) is 4.53. The average Bonchev–Trinajstić information content (AvgIpc) is 3.02. The minimum Gasteiger partial charge on any atom is -0.465 e. The Hall–Kier alpha value is -2.16. The van der Waals surface area contributed by atoms with E-state index in [2.05, 4.69) is 27.7 Å². The molecule has 0 saturated heterocycles. The number of rotatable bonds is 31. The summed E-state index contributed by atoms with van der Waals surface area (Å²) in [6.07, 6.45) is 16.6. The van der Waals surface area contributed by atoms with Gasteiger partial charge in [0.15, 0.2) is 0 Å². The second-order valence-electron chi connectivity index (χ2n) is 12.0. The van der Waals surface area contributed by atoms with E-state index in [1.165, 1.54) is 0 Å². The van der Waals surface area contributed by atoms with Crippen LogP contribution in [0.2, 0.25) is 0 Å². The Kier molecular flexibility index (Phi) is 28.1. The highest BCUT2D eigenvalue weighted by Crippen LogP contribution is 2.23. The van der Waals surface area contributed by atoms with Gasteiger partial charge >= 0.3 is 23.9 Å². The van der Waals surface area contributed by atoms with E-state index in [9.17, 15) is 19.2 Å². The SMILES string of the molecule is CCCCCCC(=O)OCCOCC(COC(=O)CCCCCC)(COC(=O)CCCCCC)COC(=O)CCCCCC. The molecule has 0 aromatic rings. The van der Waals surface area contributed by atoms with Crippen molar-refractivity contribution in [3.8, 4) is 0 Å². The van der Waals surface area contributed by atoms with E-state index in [4.69, 9.17) is 23.7 Å². The van der Waals surface area contributed by atoms with E-state index in [1.54, 1.807) is 0 Å². The van der Waals surface area contributed by atoms with Gasteiger partial charge in [-0.3, -0.25) is 19.2 Å².